The average molecular weight is 342 g/mol. The molecule has 0 fully saturated rings. The largest absolute Gasteiger partial charge is 0.480 e. The van der Waals surface area contributed by atoms with Crippen molar-refractivity contribution in [3.05, 3.63) is 28.7 Å². The van der Waals surface area contributed by atoms with Crippen molar-refractivity contribution >= 4 is 27.6 Å². The lowest BCUT2D eigenvalue weighted by Crippen LogP contribution is -2.48. The van der Waals surface area contributed by atoms with Gasteiger partial charge in [-0.3, -0.25) is 0 Å². The second-order valence-electron chi connectivity index (χ2n) is 6.22. The molecule has 0 atom stereocenters. The fourth-order valence-electron chi connectivity index (χ4n) is 2.65. The summed E-state index contributed by atoms with van der Waals surface area (Å²) >= 11 is 3.42. The van der Waals surface area contributed by atoms with Crippen LogP contribution in [0, 0.1) is 11.8 Å². The van der Waals surface area contributed by atoms with Gasteiger partial charge in [0.15, 0.2) is 0 Å². The SMILES string of the molecule is CC(C)CC(CC(C)C)(Nc1cccc(Br)c1)C(=O)O. The molecule has 0 saturated heterocycles. The van der Waals surface area contributed by atoms with Gasteiger partial charge in [0.05, 0.1) is 0 Å². The van der Waals surface area contributed by atoms with Gasteiger partial charge in [0.1, 0.15) is 5.54 Å². The molecule has 0 radical (unpaired) electrons. The van der Waals surface area contributed by atoms with E-state index in [0.717, 1.165) is 10.2 Å². The number of nitrogens with one attached hydrogen (secondary N) is 1. The molecule has 1 aromatic carbocycles. The Morgan fingerprint density at radius 2 is 1.80 bits per heavy atom. The van der Waals surface area contributed by atoms with E-state index >= 15 is 0 Å². The van der Waals surface area contributed by atoms with Crippen molar-refractivity contribution in [2.45, 2.75) is 46.1 Å². The number of rotatable bonds is 7. The topological polar surface area (TPSA) is 49.3 Å². The minimum atomic E-state index is -0.914. The molecule has 0 saturated carbocycles. The number of carbonyl (C=O) groups is 1. The zero-order valence-electron chi connectivity index (χ0n) is 12.6. The molecule has 0 aliphatic carbocycles. The van der Waals surface area contributed by atoms with E-state index in [0.29, 0.717) is 24.7 Å². The van der Waals surface area contributed by atoms with Gasteiger partial charge >= 0.3 is 5.97 Å². The van der Waals surface area contributed by atoms with Gasteiger partial charge in [-0.15, -0.1) is 0 Å². The molecule has 0 unspecified atom stereocenters. The molecule has 0 aromatic heterocycles. The third-order valence-electron chi connectivity index (χ3n) is 3.13. The number of aliphatic carboxylic acids is 1. The van der Waals surface area contributed by atoms with Crippen LogP contribution in [0.15, 0.2) is 28.7 Å². The maximum Gasteiger partial charge on any atom is 0.329 e. The summed E-state index contributed by atoms with van der Waals surface area (Å²) in [6.45, 7) is 8.22. The van der Waals surface area contributed by atoms with Gasteiger partial charge in [0.2, 0.25) is 0 Å². The zero-order chi connectivity index (χ0) is 15.3. The van der Waals surface area contributed by atoms with E-state index < -0.39 is 11.5 Å². The Bertz CT molecular complexity index is 448. The highest BCUT2D eigenvalue weighted by molar-refractivity contribution is 9.10. The summed E-state index contributed by atoms with van der Waals surface area (Å²) in [7, 11) is 0. The van der Waals surface area contributed by atoms with Crippen molar-refractivity contribution in [2.24, 2.45) is 11.8 Å². The lowest BCUT2D eigenvalue weighted by molar-refractivity contribution is -0.143. The van der Waals surface area contributed by atoms with E-state index in [1.165, 1.54) is 0 Å². The van der Waals surface area contributed by atoms with Crippen molar-refractivity contribution < 1.29 is 9.90 Å². The van der Waals surface area contributed by atoms with Crippen molar-refractivity contribution in [3.8, 4) is 0 Å². The first kappa shape index (κ1) is 17.0. The van der Waals surface area contributed by atoms with Crippen molar-refractivity contribution in [1.82, 2.24) is 0 Å². The van der Waals surface area contributed by atoms with Gasteiger partial charge in [-0.25, -0.2) is 4.79 Å². The third kappa shape index (κ3) is 4.82. The van der Waals surface area contributed by atoms with Crippen molar-refractivity contribution in [1.29, 1.82) is 0 Å². The van der Waals surface area contributed by atoms with E-state index in [-0.39, 0.29) is 0 Å². The summed E-state index contributed by atoms with van der Waals surface area (Å²) in [5.41, 5.74) is -0.0774. The molecule has 0 heterocycles. The molecule has 0 bridgehead atoms. The number of hydrogen-bond donors (Lipinski definition) is 2. The number of hydrogen-bond acceptors (Lipinski definition) is 2. The Morgan fingerprint density at radius 1 is 1.25 bits per heavy atom. The zero-order valence-corrected chi connectivity index (χ0v) is 14.2. The third-order valence-corrected chi connectivity index (χ3v) is 3.62. The van der Waals surface area contributed by atoms with Gasteiger partial charge in [-0.05, 0) is 42.9 Å². The maximum absolute atomic E-state index is 11.9. The first-order chi connectivity index (χ1) is 9.25. The molecule has 2 N–H and O–H groups in total. The fourth-order valence-corrected chi connectivity index (χ4v) is 3.05. The second kappa shape index (κ2) is 7.11. The standard InChI is InChI=1S/C16H24BrNO2/c1-11(2)9-16(15(19)20,10-12(3)4)18-14-7-5-6-13(17)8-14/h5-8,11-12,18H,9-10H2,1-4H3,(H,19,20). The Kier molecular flexibility index (Phi) is 6.06. The molecule has 1 aromatic rings. The van der Waals surface area contributed by atoms with Crippen LogP contribution < -0.4 is 5.32 Å². The Morgan fingerprint density at radius 3 is 2.20 bits per heavy atom. The average Bonchev–Trinajstić information content (AvgIpc) is 2.26. The lowest BCUT2D eigenvalue weighted by atomic mass is 9.81. The quantitative estimate of drug-likeness (QED) is 0.750. The van der Waals surface area contributed by atoms with Crippen molar-refractivity contribution in [2.75, 3.05) is 5.32 Å². The minimum Gasteiger partial charge on any atom is -0.480 e. The first-order valence-electron chi connectivity index (χ1n) is 7.02. The molecular formula is C16H24BrNO2. The number of carboxylic acid groups (broad SMARTS) is 1. The Balaban J connectivity index is 3.10. The molecule has 0 amide bonds. The smallest absolute Gasteiger partial charge is 0.329 e. The van der Waals surface area contributed by atoms with Crippen LogP contribution in [0.1, 0.15) is 40.5 Å². The monoisotopic (exact) mass is 341 g/mol. The van der Waals surface area contributed by atoms with Crippen LogP contribution in [-0.4, -0.2) is 16.6 Å². The summed E-state index contributed by atoms with van der Waals surface area (Å²) in [5, 5.41) is 13.0. The summed E-state index contributed by atoms with van der Waals surface area (Å²) in [4.78, 5) is 11.9. The molecule has 112 valence electrons. The first-order valence-corrected chi connectivity index (χ1v) is 7.81. The normalized spacial score (nSPS) is 11.9. The second-order valence-corrected chi connectivity index (χ2v) is 7.13. The van der Waals surface area contributed by atoms with Crippen LogP contribution in [0.5, 0.6) is 0 Å². The van der Waals surface area contributed by atoms with Gasteiger partial charge in [-0.1, -0.05) is 49.7 Å². The maximum atomic E-state index is 11.9. The number of carboxylic acids is 1. The molecule has 1 rings (SSSR count). The lowest BCUT2D eigenvalue weighted by Gasteiger charge is -2.34. The summed E-state index contributed by atoms with van der Waals surface area (Å²) in [5.74, 6) is -0.158. The summed E-state index contributed by atoms with van der Waals surface area (Å²) < 4.78 is 0.941. The van der Waals surface area contributed by atoms with E-state index in [1.807, 2.05) is 24.3 Å². The highest BCUT2D eigenvalue weighted by atomic mass is 79.9. The molecular weight excluding hydrogens is 318 g/mol. The number of anilines is 1. The Hall–Kier alpha value is -1.03. The van der Waals surface area contributed by atoms with Crippen molar-refractivity contribution in [3.63, 3.8) is 0 Å². The minimum absolute atomic E-state index is 0.310. The predicted octanol–water partition coefficient (Wildman–Crippen LogP) is 4.78. The van der Waals surface area contributed by atoms with Gasteiger partial charge in [-0.2, -0.15) is 0 Å². The van der Waals surface area contributed by atoms with Crippen LogP contribution in [0.25, 0.3) is 0 Å². The molecule has 20 heavy (non-hydrogen) atoms. The predicted molar refractivity (Wildman–Crippen MR) is 87.0 cm³/mol. The Labute approximate surface area is 129 Å². The fraction of sp³-hybridized carbons (Fsp3) is 0.562. The van der Waals surface area contributed by atoms with Crippen LogP contribution >= 0.6 is 15.9 Å². The van der Waals surface area contributed by atoms with Crippen LogP contribution in [0.3, 0.4) is 0 Å². The number of halogens is 1. The highest BCUT2D eigenvalue weighted by Crippen LogP contribution is 2.30. The van der Waals surface area contributed by atoms with E-state index in [4.69, 9.17) is 0 Å². The van der Waals surface area contributed by atoms with Crippen LogP contribution in [0.2, 0.25) is 0 Å². The summed E-state index contributed by atoms with van der Waals surface area (Å²) in [6.07, 6.45) is 1.21. The van der Waals surface area contributed by atoms with Crippen LogP contribution in [0.4, 0.5) is 5.69 Å². The molecule has 0 aliphatic rings. The van der Waals surface area contributed by atoms with E-state index in [2.05, 4.69) is 48.9 Å². The van der Waals surface area contributed by atoms with E-state index in [1.54, 1.807) is 0 Å². The van der Waals surface area contributed by atoms with Crippen LogP contribution in [-0.2, 0) is 4.79 Å². The summed E-state index contributed by atoms with van der Waals surface area (Å²) in [6, 6.07) is 7.66. The molecule has 3 nitrogen and oxygen atoms in total. The highest BCUT2D eigenvalue weighted by Gasteiger charge is 2.39. The van der Waals surface area contributed by atoms with Gasteiger partial charge in [0, 0.05) is 10.2 Å². The van der Waals surface area contributed by atoms with E-state index in [9.17, 15) is 9.90 Å². The molecule has 0 spiro atoms. The number of benzene rings is 1. The molecule has 4 heteroatoms. The van der Waals surface area contributed by atoms with Gasteiger partial charge in [0.25, 0.3) is 0 Å². The molecule has 0 aliphatic heterocycles. The van der Waals surface area contributed by atoms with Gasteiger partial charge < -0.3 is 10.4 Å².